The SMILES string of the molecule is N#Cc1cc(-c2cn(Sc3ccccc3)c3ncc(Br)cc23)ccc1OC1COC1. The molecule has 0 amide bonds. The molecular weight excluding hydrogens is 462 g/mol. The van der Waals surface area contributed by atoms with Crippen molar-refractivity contribution in [3.05, 3.63) is 77.0 Å². The molecule has 0 radical (unpaired) electrons. The maximum absolute atomic E-state index is 9.66. The van der Waals surface area contributed by atoms with E-state index in [-0.39, 0.29) is 6.10 Å². The highest BCUT2D eigenvalue weighted by Crippen LogP contribution is 2.37. The molecule has 0 saturated carbocycles. The second-order valence-corrected chi connectivity index (χ2v) is 8.86. The first kappa shape index (κ1) is 19.2. The van der Waals surface area contributed by atoms with Crippen LogP contribution in [-0.4, -0.2) is 28.3 Å². The Labute approximate surface area is 186 Å². The highest BCUT2D eigenvalue weighted by molar-refractivity contribution is 9.10. The minimum Gasteiger partial charge on any atom is -0.484 e. The van der Waals surface area contributed by atoms with Crippen molar-refractivity contribution in [1.82, 2.24) is 8.96 Å². The van der Waals surface area contributed by atoms with Gasteiger partial charge in [0.25, 0.3) is 0 Å². The van der Waals surface area contributed by atoms with Gasteiger partial charge < -0.3 is 9.47 Å². The fraction of sp³-hybridized carbons (Fsp3) is 0.130. The number of halogens is 1. The number of rotatable bonds is 5. The lowest BCUT2D eigenvalue weighted by Crippen LogP contribution is -2.38. The van der Waals surface area contributed by atoms with Gasteiger partial charge in [0.15, 0.2) is 5.65 Å². The van der Waals surface area contributed by atoms with Crippen molar-refractivity contribution in [1.29, 1.82) is 5.26 Å². The van der Waals surface area contributed by atoms with Gasteiger partial charge in [0, 0.05) is 32.7 Å². The molecule has 1 fully saturated rings. The van der Waals surface area contributed by atoms with E-state index >= 15 is 0 Å². The molecule has 0 spiro atoms. The van der Waals surface area contributed by atoms with E-state index in [1.807, 2.05) is 36.4 Å². The van der Waals surface area contributed by atoms with Gasteiger partial charge in [-0.05, 0) is 63.8 Å². The average Bonchev–Trinajstić information content (AvgIpc) is 3.08. The minimum atomic E-state index is 0.0206. The van der Waals surface area contributed by atoms with Crippen LogP contribution in [0.3, 0.4) is 0 Å². The van der Waals surface area contributed by atoms with E-state index in [4.69, 9.17) is 9.47 Å². The van der Waals surface area contributed by atoms with E-state index in [0.717, 1.165) is 31.5 Å². The minimum absolute atomic E-state index is 0.0206. The first-order valence-corrected chi connectivity index (χ1v) is 11.0. The Morgan fingerprint density at radius 1 is 1.17 bits per heavy atom. The van der Waals surface area contributed by atoms with E-state index < -0.39 is 0 Å². The second-order valence-electron chi connectivity index (χ2n) is 6.90. The molecule has 1 aliphatic heterocycles. The quantitative estimate of drug-likeness (QED) is 0.370. The van der Waals surface area contributed by atoms with Crippen molar-refractivity contribution in [2.45, 2.75) is 11.0 Å². The number of benzene rings is 2. The lowest BCUT2D eigenvalue weighted by atomic mass is 10.0. The van der Waals surface area contributed by atoms with Crippen LogP contribution in [0.4, 0.5) is 0 Å². The van der Waals surface area contributed by atoms with Crippen molar-refractivity contribution in [2.24, 2.45) is 0 Å². The fourth-order valence-corrected chi connectivity index (χ4v) is 4.53. The maximum atomic E-state index is 9.66. The largest absolute Gasteiger partial charge is 0.484 e. The molecule has 2 aromatic carbocycles. The molecule has 0 atom stereocenters. The standard InChI is InChI=1S/C23H16BrN3O2S/c24-17-9-20-21(12-27(23(20)26-11-17)30-19-4-2-1-3-5-19)15-6-7-22(16(8-15)10-25)29-18-13-28-14-18/h1-9,11-12,18H,13-14H2. The predicted octanol–water partition coefficient (Wildman–Crippen LogP) is 5.67. The summed E-state index contributed by atoms with van der Waals surface area (Å²) in [7, 11) is 0. The fourth-order valence-electron chi connectivity index (χ4n) is 3.30. The highest BCUT2D eigenvalue weighted by Gasteiger charge is 2.22. The smallest absolute Gasteiger partial charge is 0.150 e. The van der Waals surface area contributed by atoms with Crippen LogP contribution in [0, 0.1) is 11.3 Å². The van der Waals surface area contributed by atoms with Gasteiger partial charge in [0.05, 0.1) is 18.8 Å². The van der Waals surface area contributed by atoms with Crippen molar-refractivity contribution >= 4 is 38.9 Å². The summed E-state index contributed by atoms with van der Waals surface area (Å²) in [6, 6.07) is 20.2. The maximum Gasteiger partial charge on any atom is 0.150 e. The zero-order chi connectivity index (χ0) is 20.5. The predicted molar refractivity (Wildman–Crippen MR) is 121 cm³/mol. The van der Waals surface area contributed by atoms with Crippen molar-refractivity contribution in [3.63, 3.8) is 0 Å². The van der Waals surface area contributed by atoms with Crippen LogP contribution in [-0.2, 0) is 4.74 Å². The number of nitriles is 1. The molecule has 7 heteroatoms. The number of hydrogen-bond acceptors (Lipinski definition) is 5. The molecule has 0 aliphatic carbocycles. The van der Waals surface area contributed by atoms with Crippen LogP contribution < -0.4 is 4.74 Å². The molecule has 0 unspecified atom stereocenters. The van der Waals surface area contributed by atoms with Crippen molar-refractivity contribution < 1.29 is 9.47 Å². The molecule has 1 saturated heterocycles. The number of pyridine rings is 1. The number of nitrogens with zero attached hydrogens (tertiary/aromatic N) is 3. The van der Waals surface area contributed by atoms with Gasteiger partial charge in [0.2, 0.25) is 0 Å². The van der Waals surface area contributed by atoms with Crippen molar-refractivity contribution in [2.75, 3.05) is 13.2 Å². The molecule has 5 rings (SSSR count). The Balaban J connectivity index is 1.58. The van der Waals surface area contributed by atoms with Crippen molar-refractivity contribution in [3.8, 4) is 22.9 Å². The number of hydrogen-bond donors (Lipinski definition) is 0. The summed E-state index contributed by atoms with van der Waals surface area (Å²) in [5, 5.41) is 10.7. The Kier molecular flexibility index (Phi) is 5.21. The molecule has 30 heavy (non-hydrogen) atoms. The topological polar surface area (TPSA) is 60.1 Å². The van der Waals surface area contributed by atoms with Gasteiger partial charge >= 0.3 is 0 Å². The molecule has 1 aliphatic rings. The number of fused-ring (bicyclic) bond motifs is 1. The number of aromatic nitrogens is 2. The molecule has 148 valence electrons. The lowest BCUT2D eigenvalue weighted by Gasteiger charge is -2.27. The molecule has 5 nitrogen and oxygen atoms in total. The van der Waals surface area contributed by atoms with Crippen LogP contribution in [0.5, 0.6) is 5.75 Å². The zero-order valence-electron chi connectivity index (χ0n) is 15.8. The van der Waals surface area contributed by atoms with E-state index in [1.165, 1.54) is 0 Å². The third-order valence-corrected chi connectivity index (χ3v) is 6.23. The first-order valence-electron chi connectivity index (χ1n) is 9.40. The summed E-state index contributed by atoms with van der Waals surface area (Å²) in [6.45, 7) is 1.13. The summed E-state index contributed by atoms with van der Waals surface area (Å²) in [5.41, 5.74) is 3.34. The zero-order valence-corrected chi connectivity index (χ0v) is 18.2. The van der Waals surface area contributed by atoms with Crippen LogP contribution >= 0.6 is 27.9 Å². The van der Waals surface area contributed by atoms with Crippen LogP contribution in [0.25, 0.3) is 22.2 Å². The molecule has 3 heterocycles. The van der Waals surface area contributed by atoms with E-state index in [1.54, 1.807) is 18.1 Å². The van der Waals surface area contributed by atoms with Gasteiger partial charge in [-0.3, -0.25) is 3.97 Å². The summed E-state index contributed by atoms with van der Waals surface area (Å²) in [6.07, 6.45) is 3.89. The summed E-state index contributed by atoms with van der Waals surface area (Å²) in [4.78, 5) is 5.75. The normalized spacial score (nSPS) is 13.7. The van der Waals surface area contributed by atoms with Gasteiger partial charge in [-0.25, -0.2) is 4.98 Å². The molecule has 2 aromatic heterocycles. The summed E-state index contributed by atoms with van der Waals surface area (Å²) < 4.78 is 14.0. The third-order valence-electron chi connectivity index (χ3n) is 4.84. The summed E-state index contributed by atoms with van der Waals surface area (Å²) >= 11 is 5.14. The average molecular weight is 478 g/mol. The van der Waals surface area contributed by atoms with E-state index in [9.17, 15) is 5.26 Å². The second kappa shape index (κ2) is 8.15. The Hall–Kier alpha value is -2.79. The summed E-state index contributed by atoms with van der Waals surface area (Å²) in [5.74, 6) is 0.594. The Bertz CT molecular complexity index is 1260. The van der Waals surface area contributed by atoms with E-state index in [0.29, 0.717) is 24.5 Å². The molecular formula is C23H16BrN3O2S. The molecule has 0 bridgehead atoms. The van der Waals surface area contributed by atoms with E-state index in [2.05, 4.69) is 55.4 Å². The van der Waals surface area contributed by atoms with Gasteiger partial charge in [-0.15, -0.1) is 0 Å². The molecule has 0 N–H and O–H groups in total. The van der Waals surface area contributed by atoms with Crippen LogP contribution in [0.15, 0.2) is 76.4 Å². The number of ether oxygens (including phenoxy) is 2. The van der Waals surface area contributed by atoms with Crippen LogP contribution in [0.1, 0.15) is 5.56 Å². The van der Waals surface area contributed by atoms with Gasteiger partial charge in [-0.2, -0.15) is 5.26 Å². The van der Waals surface area contributed by atoms with Crippen LogP contribution in [0.2, 0.25) is 0 Å². The first-order chi connectivity index (χ1) is 14.7. The lowest BCUT2D eigenvalue weighted by molar-refractivity contribution is -0.0797. The Morgan fingerprint density at radius 2 is 2.00 bits per heavy atom. The molecule has 4 aromatic rings. The third kappa shape index (κ3) is 3.70. The monoisotopic (exact) mass is 477 g/mol. The van der Waals surface area contributed by atoms with Gasteiger partial charge in [0.1, 0.15) is 17.9 Å². The Morgan fingerprint density at radius 3 is 2.73 bits per heavy atom. The van der Waals surface area contributed by atoms with Gasteiger partial charge in [-0.1, -0.05) is 24.3 Å². The highest BCUT2D eigenvalue weighted by atomic mass is 79.9.